The first-order valence-corrected chi connectivity index (χ1v) is 13.1. The lowest BCUT2D eigenvalue weighted by Gasteiger charge is -2.20. The van der Waals surface area contributed by atoms with Crippen LogP contribution in [0, 0.1) is 0 Å². The van der Waals surface area contributed by atoms with Crippen molar-refractivity contribution in [2.24, 2.45) is 0 Å². The standard InChI is InChI=1S/C15H20N4O14P2/c20-8-5-1-29-34(25,26)33-35(27,28)30-2-6-9(21)11(23)15(32-6)19-4-18(14(31-5)10(8)22)7-12(19)16-3-17-13(7)24/h3-6,8-11,14-15,20-23H,1-2H2,(H2-,16,17,24,25,26,27,28)/p+1/t5-,6-,8+,9+,10+,11+,14+,15+/m0/s1. The van der Waals surface area contributed by atoms with Gasteiger partial charge in [-0.05, 0) is 0 Å². The summed E-state index contributed by atoms with van der Waals surface area (Å²) in [5.74, 6) is 0. The number of nitrogens with zero attached hydrogens (tertiary/aromatic N) is 3. The molecular weight excluding hydrogens is 522 g/mol. The summed E-state index contributed by atoms with van der Waals surface area (Å²) < 4.78 is 51.1. The van der Waals surface area contributed by atoms with Crippen molar-refractivity contribution in [3.05, 3.63) is 23.0 Å². The molecule has 2 unspecified atom stereocenters. The molecule has 5 heterocycles. The van der Waals surface area contributed by atoms with E-state index in [1.54, 1.807) is 0 Å². The number of hydrogen-bond acceptors (Lipinski definition) is 13. The van der Waals surface area contributed by atoms with Gasteiger partial charge in [-0.1, -0.05) is 4.98 Å². The molecular formula is C15H21N4O14P2+. The maximum absolute atomic E-state index is 12.6. The van der Waals surface area contributed by atoms with Crippen molar-refractivity contribution in [2.45, 2.75) is 49.1 Å². The zero-order valence-electron chi connectivity index (χ0n) is 17.4. The van der Waals surface area contributed by atoms with Crippen molar-refractivity contribution < 1.29 is 66.7 Å². The normalized spacial score (nSPS) is 44.6. The van der Waals surface area contributed by atoms with Crippen LogP contribution in [0.2, 0.25) is 0 Å². The smallest absolute Gasteiger partial charge is 0.387 e. The Hall–Kier alpha value is -1.63. The Morgan fingerprint density at radius 3 is 2.23 bits per heavy atom. The van der Waals surface area contributed by atoms with Crippen LogP contribution in [0.4, 0.5) is 0 Å². The number of fused-ring (bicyclic) bond motifs is 11. The largest absolute Gasteiger partial charge is 0.481 e. The monoisotopic (exact) mass is 543 g/mol. The van der Waals surface area contributed by atoms with Crippen LogP contribution in [0.25, 0.3) is 11.2 Å². The number of aliphatic hydroxyl groups is 4. The first-order valence-electron chi connectivity index (χ1n) is 10.1. The first kappa shape index (κ1) is 25.0. The number of rotatable bonds is 0. The van der Waals surface area contributed by atoms with E-state index in [2.05, 4.69) is 23.3 Å². The van der Waals surface area contributed by atoms with E-state index in [0.29, 0.717) is 0 Å². The zero-order chi connectivity index (χ0) is 25.3. The van der Waals surface area contributed by atoms with Gasteiger partial charge in [0.15, 0.2) is 12.7 Å². The molecule has 194 valence electrons. The number of nitrogens with one attached hydrogen (secondary N) is 1. The van der Waals surface area contributed by atoms with Crippen LogP contribution in [-0.2, 0) is 32.0 Å². The second kappa shape index (κ2) is 8.74. The highest BCUT2D eigenvalue weighted by atomic mass is 31.3. The molecule has 3 aliphatic heterocycles. The van der Waals surface area contributed by atoms with Gasteiger partial charge in [-0.2, -0.15) is 4.31 Å². The van der Waals surface area contributed by atoms with Crippen LogP contribution < -0.4 is 10.1 Å². The summed E-state index contributed by atoms with van der Waals surface area (Å²) in [6, 6.07) is 0. The third-order valence-corrected chi connectivity index (χ3v) is 8.40. The predicted octanol–water partition coefficient (Wildman–Crippen LogP) is -3.49. The van der Waals surface area contributed by atoms with Gasteiger partial charge < -0.3 is 39.7 Å². The number of phosphoric ester groups is 2. The summed E-state index contributed by atoms with van der Waals surface area (Å²) in [6.45, 7) is -1.73. The minimum absolute atomic E-state index is 0.0723. The molecule has 2 aromatic rings. The Kier molecular flexibility index (Phi) is 6.25. The molecule has 7 N–H and O–H groups in total. The molecule has 6 bridgehead atoms. The predicted molar refractivity (Wildman–Crippen MR) is 105 cm³/mol. The summed E-state index contributed by atoms with van der Waals surface area (Å²) in [7, 11) is -10.5. The van der Waals surface area contributed by atoms with E-state index in [1.165, 1.54) is 6.33 Å². The van der Waals surface area contributed by atoms with Gasteiger partial charge in [-0.15, -0.1) is 0 Å². The Labute approximate surface area is 194 Å². The molecule has 5 rings (SSSR count). The number of imidazole rings is 1. The molecule has 10 atom stereocenters. The fourth-order valence-electron chi connectivity index (χ4n) is 4.14. The van der Waals surface area contributed by atoms with Crippen LogP contribution in [0.3, 0.4) is 0 Å². The van der Waals surface area contributed by atoms with E-state index in [9.17, 15) is 44.1 Å². The summed E-state index contributed by atoms with van der Waals surface area (Å²) in [5, 5.41) is 42.0. The molecule has 0 radical (unpaired) electrons. The van der Waals surface area contributed by atoms with Crippen molar-refractivity contribution in [2.75, 3.05) is 13.2 Å². The fraction of sp³-hybridized carbons (Fsp3) is 0.667. The molecule has 0 aromatic carbocycles. The van der Waals surface area contributed by atoms with E-state index < -0.39 is 83.5 Å². The van der Waals surface area contributed by atoms with Gasteiger partial charge in [0, 0.05) is 0 Å². The molecule has 3 aliphatic rings. The SMILES string of the molecule is O=c1[nH]cnc2c1n1c[n+]2[C@@H]2O[C@@H](COP(=O)(O)OP(=O)(O)OC[C@@H]3O[C@@H]1[C@H](O)[C@@H]3O)[C@@H](O)[C@H]2O. The molecule has 2 saturated heterocycles. The number of phosphoric acid groups is 2. The van der Waals surface area contributed by atoms with Crippen molar-refractivity contribution in [3.63, 3.8) is 0 Å². The second-order valence-corrected chi connectivity index (χ2v) is 11.1. The summed E-state index contributed by atoms with van der Waals surface area (Å²) in [6.07, 6.45) is -10.2. The van der Waals surface area contributed by atoms with Gasteiger partial charge in [-0.25, -0.2) is 18.3 Å². The average Bonchev–Trinajstić information content (AvgIpc) is 3.38. The summed E-state index contributed by atoms with van der Waals surface area (Å²) >= 11 is 0. The van der Waals surface area contributed by atoms with Crippen LogP contribution in [0.5, 0.6) is 0 Å². The van der Waals surface area contributed by atoms with Crippen molar-refractivity contribution in [1.82, 2.24) is 14.5 Å². The van der Waals surface area contributed by atoms with Gasteiger partial charge in [-0.3, -0.25) is 18.8 Å². The molecule has 0 aliphatic carbocycles. The average molecular weight is 543 g/mol. The molecule has 0 spiro atoms. The van der Waals surface area contributed by atoms with Crippen LogP contribution in [0.1, 0.15) is 12.5 Å². The van der Waals surface area contributed by atoms with Gasteiger partial charge in [0.1, 0.15) is 36.6 Å². The van der Waals surface area contributed by atoms with Crippen molar-refractivity contribution >= 4 is 26.8 Å². The quantitative estimate of drug-likeness (QED) is 0.126. The highest BCUT2D eigenvalue weighted by Crippen LogP contribution is 2.60. The second-order valence-electron chi connectivity index (χ2n) is 8.04. The minimum Gasteiger partial charge on any atom is -0.387 e. The van der Waals surface area contributed by atoms with E-state index >= 15 is 0 Å². The molecule has 18 nitrogen and oxygen atoms in total. The lowest BCUT2D eigenvalue weighted by molar-refractivity contribution is -0.746. The van der Waals surface area contributed by atoms with Crippen molar-refractivity contribution in [3.8, 4) is 0 Å². The molecule has 35 heavy (non-hydrogen) atoms. The molecule has 0 saturated carbocycles. The molecule has 2 aromatic heterocycles. The number of H-pyrrole nitrogens is 1. The highest BCUT2D eigenvalue weighted by molar-refractivity contribution is 7.61. The fourth-order valence-corrected chi connectivity index (χ4v) is 6.23. The third-order valence-electron chi connectivity index (χ3n) is 5.79. The van der Waals surface area contributed by atoms with Gasteiger partial charge in [0.05, 0.1) is 13.2 Å². The van der Waals surface area contributed by atoms with E-state index in [1.807, 2.05) is 0 Å². The molecule has 0 amide bonds. The Balaban J connectivity index is 1.64. The van der Waals surface area contributed by atoms with E-state index in [-0.39, 0.29) is 11.2 Å². The topological polar surface area (TPSA) is 256 Å². The zero-order valence-corrected chi connectivity index (χ0v) is 19.2. The highest BCUT2D eigenvalue weighted by Gasteiger charge is 2.52. The third kappa shape index (κ3) is 4.40. The van der Waals surface area contributed by atoms with Crippen LogP contribution in [-0.4, -0.2) is 94.6 Å². The maximum atomic E-state index is 12.6. The lowest BCUT2D eigenvalue weighted by atomic mass is 10.1. The van der Waals surface area contributed by atoms with E-state index in [0.717, 1.165) is 15.5 Å². The number of aromatic amines is 1. The summed E-state index contributed by atoms with van der Waals surface area (Å²) in [5.41, 5.74) is -0.938. The van der Waals surface area contributed by atoms with Crippen LogP contribution in [0.15, 0.2) is 17.4 Å². The molecule has 2 fully saturated rings. The van der Waals surface area contributed by atoms with Crippen LogP contribution >= 0.6 is 15.6 Å². The minimum atomic E-state index is -5.26. The molecule has 20 heteroatoms. The van der Waals surface area contributed by atoms with E-state index in [4.69, 9.17) is 9.47 Å². The van der Waals surface area contributed by atoms with Crippen molar-refractivity contribution in [1.29, 1.82) is 0 Å². The van der Waals surface area contributed by atoms with Gasteiger partial charge in [0.2, 0.25) is 18.0 Å². The Morgan fingerprint density at radius 2 is 1.57 bits per heavy atom. The van der Waals surface area contributed by atoms with Gasteiger partial charge in [0.25, 0.3) is 5.56 Å². The lowest BCUT2D eigenvalue weighted by Crippen LogP contribution is -2.46. The maximum Gasteiger partial charge on any atom is 0.481 e. The first-order chi connectivity index (χ1) is 16.4. The summed E-state index contributed by atoms with van der Waals surface area (Å²) in [4.78, 5) is 38.6. The Bertz CT molecular complexity index is 1280. The Morgan fingerprint density at radius 1 is 0.971 bits per heavy atom. The number of aromatic nitrogens is 4. The number of hydrogen-bond donors (Lipinski definition) is 7. The van der Waals surface area contributed by atoms with Gasteiger partial charge >= 0.3 is 21.3 Å². The number of aliphatic hydroxyl groups excluding tert-OH is 4. The number of ether oxygens (including phenoxy) is 2.